The van der Waals surface area contributed by atoms with Crippen molar-refractivity contribution in [2.24, 2.45) is 0 Å². The highest BCUT2D eigenvalue weighted by atomic mass is 31.2. The molecule has 0 aromatic heterocycles. The molecule has 1 atom stereocenters. The van der Waals surface area contributed by atoms with Gasteiger partial charge >= 0.3 is 0 Å². The minimum Gasteiger partial charge on any atom is -0.456 e. The molecule has 2 aliphatic rings. The van der Waals surface area contributed by atoms with E-state index in [-0.39, 0.29) is 6.10 Å². The van der Waals surface area contributed by atoms with Crippen molar-refractivity contribution in [3.8, 4) is 0 Å². The van der Waals surface area contributed by atoms with Gasteiger partial charge in [0.1, 0.15) is 11.5 Å². The Kier molecular flexibility index (Phi) is 5.07. The van der Waals surface area contributed by atoms with Gasteiger partial charge in [-0.2, -0.15) is 0 Å². The van der Waals surface area contributed by atoms with E-state index in [1.165, 1.54) is 0 Å². The average molecular weight is 367 g/mol. The lowest BCUT2D eigenvalue weighted by Gasteiger charge is -2.24. The van der Waals surface area contributed by atoms with Gasteiger partial charge in [0.2, 0.25) is 0 Å². The van der Waals surface area contributed by atoms with E-state index < -0.39 is 7.29 Å². The van der Waals surface area contributed by atoms with Gasteiger partial charge in [-0.1, -0.05) is 60.7 Å². The lowest BCUT2D eigenvalue weighted by atomic mass is 10.2. The first-order valence-electron chi connectivity index (χ1n) is 8.92. The maximum Gasteiger partial charge on any atom is 0.198 e. The maximum absolute atomic E-state index is 13.6. The zero-order chi connectivity index (χ0) is 17.8. The Hall–Kier alpha value is -2.13. The van der Waals surface area contributed by atoms with E-state index in [4.69, 9.17) is 9.47 Å². The topological polar surface area (TPSA) is 47.6 Å². The lowest BCUT2D eigenvalue weighted by Crippen LogP contribution is -2.23. The van der Waals surface area contributed by atoms with E-state index in [1.54, 1.807) is 11.6 Å². The van der Waals surface area contributed by atoms with Crippen molar-refractivity contribution in [2.75, 3.05) is 13.2 Å². The highest BCUT2D eigenvalue weighted by Crippen LogP contribution is 2.53. The summed E-state index contributed by atoms with van der Waals surface area (Å²) < 4.78 is 25.3. The van der Waals surface area contributed by atoms with Crippen molar-refractivity contribution in [2.45, 2.75) is 18.9 Å². The van der Waals surface area contributed by atoms with E-state index >= 15 is 0 Å². The van der Waals surface area contributed by atoms with Crippen LogP contribution in [0, 0.1) is 0 Å². The summed E-state index contributed by atoms with van der Waals surface area (Å²) in [6.07, 6.45) is 2.20. The minimum absolute atomic E-state index is 0.130. The van der Waals surface area contributed by atoms with Crippen LogP contribution < -0.4 is 5.09 Å². The highest BCUT2D eigenvalue weighted by molar-refractivity contribution is 7.68. The van der Waals surface area contributed by atoms with Gasteiger partial charge in [0.25, 0.3) is 0 Å². The molecule has 2 aromatic rings. The Labute approximate surface area is 154 Å². The third kappa shape index (κ3) is 3.99. The summed E-state index contributed by atoms with van der Waals surface area (Å²) >= 11 is 0. The van der Waals surface area contributed by atoms with E-state index in [0.717, 1.165) is 30.6 Å². The Morgan fingerprint density at radius 3 is 2.00 bits per heavy atom. The Bertz CT molecular complexity index is 796. The first kappa shape index (κ1) is 17.3. The molecular weight excluding hydrogens is 345 g/mol. The Balaban J connectivity index is 1.65. The van der Waals surface area contributed by atoms with Gasteiger partial charge in [-0.25, -0.2) is 0 Å². The molecule has 4 nitrogen and oxygen atoms in total. The number of nitrogens with one attached hydrogen (secondary N) is 1. The van der Waals surface area contributed by atoms with Crippen LogP contribution in [0.15, 0.2) is 72.3 Å². The molecule has 26 heavy (non-hydrogen) atoms. The molecule has 1 fully saturated rings. The molecular formula is C21H22NO3P. The van der Waals surface area contributed by atoms with Crippen molar-refractivity contribution in [3.05, 3.63) is 83.4 Å². The van der Waals surface area contributed by atoms with Gasteiger partial charge in [-0.05, 0) is 12.8 Å². The van der Waals surface area contributed by atoms with E-state index in [9.17, 15) is 4.57 Å². The molecule has 134 valence electrons. The molecule has 0 bridgehead atoms. The lowest BCUT2D eigenvalue weighted by molar-refractivity contribution is 0.114. The molecule has 2 aromatic carbocycles. The maximum atomic E-state index is 13.6. The molecule has 2 heterocycles. The summed E-state index contributed by atoms with van der Waals surface area (Å²) in [6.45, 7) is 1.37. The summed E-state index contributed by atoms with van der Waals surface area (Å²) in [5.41, 5.74) is 1.82. The van der Waals surface area contributed by atoms with Crippen molar-refractivity contribution >= 4 is 18.8 Å². The van der Waals surface area contributed by atoms with E-state index in [0.29, 0.717) is 18.1 Å². The molecule has 1 saturated heterocycles. The van der Waals surface area contributed by atoms with Crippen LogP contribution in [0.25, 0.3) is 11.5 Å². The second-order valence-electron chi connectivity index (χ2n) is 6.53. The third-order valence-electron chi connectivity index (χ3n) is 4.54. The predicted molar refractivity (Wildman–Crippen MR) is 105 cm³/mol. The number of hydrogen-bond donors (Lipinski definition) is 1. The van der Waals surface area contributed by atoms with Crippen molar-refractivity contribution < 1.29 is 14.0 Å². The first-order chi connectivity index (χ1) is 12.7. The summed E-state index contributed by atoms with van der Waals surface area (Å²) in [6, 6.07) is 19.6. The smallest absolute Gasteiger partial charge is 0.198 e. The van der Waals surface area contributed by atoms with Crippen molar-refractivity contribution in [1.29, 1.82) is 0 Å². The van der Waals surface area contributed by atoms with E-state index in [1.807, 2.05) is 60.7 Å². The van der Waals surface area contributed by atoms with Crippen LogP contribution in [0.2, 0.25) is 0 Å². The van der Waals surface area contributed by atoms with Crippen molar-refractivity contribution in [3.63, 3.8) is 0 Å². The second-order valence-corrected chi connectivity index (χ2v) is 8.78. The molecule has 0 aliphatic carbocycles. The molecule has 0 radical (unpaired) electrons. The molecule has 0 unspecified atom stereocenters. The quantitative estimate of drug-likeness (QED) is 0.751. The van der Waals surface area contributed by atoms with Crippen molar-refractivity contribution in [1.82, 2.24) is 5.09 Å². The number of benzene rings is 2. The Morgan fingerprint density at radius 1 is 0.923 bits per heavy atom. The SMILES string of the molecule is O=P1(NC[C@@H]2CCCO2)C=C(c2ccccc2)OC(c2ccccc2)=C1. The standard InChI is InChI=1S/C21H22NO3P/c23-26(22-14-19-12-7-13-24-19)15-20(17-8-3-1-4-9-17)25-21(16-26)18-10-5-2-6-11-18/h1-6,8-11,15-16,19H,7,12-14H2,(H,22,23)/t19-/m0/s1. The summed E-state index contributed by atoms with van der Waals surface area (Å²) in [4.78, 5) is 0. The van der Waals surface area contributed by atoms with Gasteiger partial charge < -0.3 is 9.47 Å². The zero-order valence-corrected chi connectivity index (χ0v) is 15.4. The fourth-order valence-electron chi connectivity index (χ4n) is 3.17. The van der Waals surface area contributed by atoms with Crippen LogP contribution in [0.3, 0.4) is 0 Å². The summed E-state index contributed by atoms with van der Waals surface area (Å²) in [7, 11) is -2.89. The molecule has 2 aliphatic heterocycles. The number of hydrogen-bond acceptors (Lipinski definition) is 3. The van der Waals surface area contributed by atoms with Crippen LogP contribution in [0.5, 0.6) is 0 Å². The largest absolute Gasteiger partial charge is 0.456 e. The third-order valence-corrected chi connectivity index (χ3v) is 6.46. The van der Waals surface area contributed by atoms with Crippen LogP contribution in [-0.2, 0) is 14.0 Å². The van der Waals surface area contributed by atoms with Gasteiger partial charge in [0.15, 0.2) is 7.29 Å². The minimum atomic E-state index is -2.89. The summed E-state index contributed by atoms with van der Waals surface area (Å²) in [5.74, 6) is 4.69. The highest BCUT2D eigenvalue weighted by Gasteiger charge is 2.28. The normalized spacial score (nSPS) is 21.6. The molecule has 4 rings (SSSR count). The Morgan fingerprint density at radius 2 is 1.50 bits per heavy atom. The van der Waals surface area contributed by atoms with Crippen LogP contribution >= 0.6 is 7.29 Å². The summed E-state index contributed by atoms with van der Waals surface area (Å²) in [5, 5.41) is 3.24. The molecule has 1 N–H and O–H groups in total. The number of rotatable bonds is 5. The molecule has 0 spiro atoms. The number of ether oxygens (including phenoxy) is 2. The predicted octanol–water partition coefficient (Wildman–Crippen LogP) is 5.06. The molecule has 0 saturated carbocycles. The van der Waals surface area contributed by atoms with Gasteiger partial charge in [0.05, 0.1) is 6.10 Å². The molecule has 5 heteroatoms. The second kappa shape index (κ2) is 7.63. The van der Waals surface area contributed by atoms with Gasteiger partial charge in [-0.15, -0.1) is 0 Å². The van der Waals surface area contributed by atoms with Crippen LogP contribution in [-0.4, -0.2) is 19.3 Å². The van der Waals surface area contributed by atoms with Crippen LogP contribution in [0.4, 0.5) is 0 Å². The van der Waals surface area contributed by atoms with Crippen LogP contribution in [0.1, 0.15) is 24.0 Å². The fraction of sp³-hybridized carbons (Fsp3) is 0.238. The van der Waals surface area contributed by atoms with Gasteiger partial charge in [-0.3, -0.25) is 9.65 Å². The zero-order valence-electron chi connectivity index (χ0n) is 14.5. The van der Waals surface area contributed by atoms with E-state index in [2.05, 4.69) is 5.09 Å². The monoisotopic (exact) mass is 367 g/mol. The average Bonchev–Trinajstić information content (AvgIpc) is 3.21. The molecule has 0 amide bonds. The fourth-order valence-corrected chi connectivity index (χ4v) is 5.02. The first-order valence-corrected chi connectivity index (χ1v) is 10.8. The van der Waals surface area contributed by atoms with Gasteiger partial charge in [0, 0.05) is 35.9 Å².